The van der Waals surface area contributed by atoms with E-state index in [-0.39, 0.29) is 11.8 Å². The van der Waals surface area contributed by atoms with Crippen molar-refractivity contribution in [3.8, 4) is 5.88 Å². The molecular weight excluding hydrogens is 422 g/mol. The zero-order chi connectivity index (χ0) is 22.3. The zero-order valence-electron chi connectivity index (χ0n) is 17.8. The van der Waals surface area contributed by atoms with Crippen LogP contribution in [0.1, 0.15) is 27.0 Å². The summed E-state index contributed by atoms with van der Waals surface area (Å²) >= 11 is 6.38. The lowest BCUT2D eigenvalue weighted by Crippen LogP contribution is -2.23. The highest BCUT2D eigenvalue weighted by atomic mass is 35.5. The number of benzene rings is 3. The van der Waals surface area contributed by atoms with Crippen LogP contribution in [-0.2, 0) is 19.6 Å². The molecule has 6 heteroatoms. The second-order valence-corrected chi connectivity index (χ2v) is 7.88. The Balaban J connectivity index is 1.57. The van der Waals surface area contributed by atoms with E-state index in [0.717, 1.165) is 28.6 Å². The number of pyridine rings is 1. The van der Waals surface area contributed by atoms with Crippen LogP contribution in [-0.4, -0.2) is 18.0 Å². The maximum Gasteiger partial charge on any atom is 0.257 e. The smallest absolute Gasteiger partial charge is 0.257 e. The maximum atomic E-state index is 12.9. The van der Waals surface area contributed by atoms with Crippen LogP contribution in [0.5, 0.6) is 5.88 Å². The van der Waals surface area contributed by atoms with Crippen molar-refractivity contribution in [1.29, 1.82) is 0 Å². The van der Waals surface area contributed by atoms with Crippen molar-refractivity contribution in [2.75, 3.05) is 7.11 Å². The molecule has 0 aliphatic heterocycles. The van der Waals surface area contributed by atoms with Crippen LogP contribution >= 0.6 is 11.6 Å². The van der Waals surface area contributed by atoms with Crippen molar-refractivity contribution < 1.29 is 9.53 Å². The Morgan fingerprint density at radius 2 is 1.56 bits per heavy atom. The summed E-state index contributed by atoms with van der Waals surface area (Å²) in [4.78, 5) is 17.5. The van der Waals surface area contributed by atoms with Gasteiger partial charge in [-0.1, -0.05) is 72.3 Å². The van der Waals surface area contributed by atoms with Crippen LogP contribution in [0.3, 0.4) is 0 Å². The van der Waals surface area contributed by atoms with Gasteiger partial charge in [-0.3, -0.25) is 4.79 Å². The van der Waals surface area contributed by atoms with Crippen molar-refractivity contribution in [1.82, 2.24) is 15.6 Å². The molecule has 0 atom stereocenters. The van der Waals surface area contributed by atoms with Gasteiger partial charge in [-0.15, -0.1) is 0 Å². The monoisotopic (exact) mass is 445 g/mol. The van der Waals surface area contributed by atoms with Gasteiger partial charge in [0.15, 0.2) is 0 Å². The van der Waals surface area contributed by atoms with Gasteiger partial charge in [-0.25, -0.2) is 4.98 Å². The average Bonchev–Trinajstić information content (AvgIpc) is 2.83. The molecule has 1 heterocycles. The summed E-state index contributed by atoms with van der Waals surface area (Å²) in [6.07, 6.45) is 0. The molecule has 0 fully saturated rings. The third-order valence-corrected chi connectivity index (χ3v) is 5.37. The lowest BCUT2D eigenvalue weighted by molar-refractivity contribution is 0.0947. The molecule has 32 heavy (non-hydrogen) atoms. The minimum atomic E-state index is -0.246. The molecule has 0 unspecified atom stereocenters. The number of aromatic nitrogens is 1. The molecule has 0 aliphatic rings. The molecule has 3 aromatic carbocycles. The molecule has 1 aromatic heterocycles. The number of ether oxygens (including phenoxy) is 1. The molecule has 4 aromatic rings. The van der Waals surface area contributed by atoms with Crippen molar-refractivity contribution in [2.45, 2.75) is 19.6 Å². The van der Waals surface area contributed by atoms with Gasteiger partial charge in [0, 0.05) is 30.0 Å². The van der Waals surface area contributed by atoms with Crippen LogP contribution in [0.4, 0.5) is 0 Å². The number of methoxy groups -OCH3 is 1. The number of carbonyl (C=O) groups is 1. The molecule has 5 nitrogen and oxygen atoms in total. The molecule has 162 valence electrons. The zero-order valence-corrected chi connectivity index (χ0v) is 18.5. The Labute approximate surface area is 192 Å². The highest BCUT2D eigenvalue weighted by Gasteiger charge is 2.17. The van der Waals surface area contributed by atoms with Crippen molar-refractivity contribution in [3.63, 3.8) is 0 Å². The molecule has 0 spiro atoms. The first-order chi connectivity index (χ1) is 15.6. The number of nitrogens with zero attached hydrogens (tertiary/aromatic N) is 1. The van der Waals surface area contributed by atoms with Crippen LogP contribution in [0.15, 0.2) is 78.9 Å². The number of amides is 1. The summed E-state index contributed by atoms with van der Waals surface area (Å²) in [7, 11) is 1.52. The number of nitrogens with one attached hydrogen (secondary N) is 2. The molecular formula is C26H24ClN3O2. The highest BCUT2D eigenvalue weighted by molar-refractivity contribution is 6.31. The molecule has 0 bridgehead atoms. The Morgan fingerprint density at radius 1 is 0.906 bits per heavy atom. The van der Waals surface area contributed by atoms with Gasteiger partial charge in [0.05, 0.1) is 12.6 Å². The number of carbonyl (C=O) groups excluding carboxylic acids is 1. The van der Waals surface area contributed by atoms with E-state index in [4.69, 9.17) is 16.3 Å². The fraction of sp³-hybridized carbons (Fsp3) is 0.154. The summed E-state index contributed by atoms with van der Waals surface area (Å²) in [6, 6.07) is 25.4. The van der Waals surface area contributed by atoms with Crippen LogP contribution in [0.2, 0.25) is 5.02 Å². The van der Waals surface area contributed by atoms with E-state index < -0.39 is 0 Å². The number of halogens is 1. The van der Waals surface area contributed by atoms with Crippen LogP contribution in [0, 0.1) is 0 Å². The van der Waals surface area contributed by atoms with Gasteiger partial charge in [0.25, 0.3) is 5.91 Å². The first-order valence-electron chi connectivity index (χ1n) is 10.4. The summed E-state index contributed by atoms with van der Waals surface area (Å²) < 4.78 is 5.46. The topological polar surface area (TPSA) is 63.2 Å². The second-order valence-electron chi connectivity index (χ2n) is 7.44. The first-order valence-corrected chi connectivity index (χ1v) is 10.8. The maximum absolute atomic E-state index is 12.9. The minimum absolute atomic E-state index is 0.246. The molecule has 0 saturated heterocycles. The molecule has 4 rings (SSSR count). The fourth-order valence-electron chi connectivity index (χ4n) is 3.57. The van der Waals surface area contributed by atoms with E-state index in [9.17, 15) is 4.79 Å². The highest BCUT2D eigenvalue weighted by Crippen LogP contribution is 2.28. The third kappa shape index (κ3) is 5.25. The summed E-state index contributed by atoms with van der Waals surface area (Å²) in [5.41, 5.74) is 4.29. The van der Waals surface area contributed by atoms with Gasteiger partial charge in [-0.05, 0) is 34.9 Å². The summed E-state index contributed by atoms with van der Waals surface area (Å²) in [6.45, 7) is 1.73. The van der Waals surface area contributed by atoms with E-state index in [2.05, 4.69) is 27.8 Å². The molecule has 0 aliphatic carbocycles. The van der Waals surface area contributed by atoms with Crippen molar-refractivity contribution in [2.24, 2.45) is 0 Å². The van der Waals surface area contributed by atoms with E-state index in [1.165, 1.54) is 12.7 Å². The largest absolute Gasteiger partial charge is 0.480 e. The van der Waals surface area contributed by atoms with Crippen LogP contribution in [0.25, 0.3) is 10.9 Å². The SMILES string of the molecule is COc1nc2c(CNCc3ccccc3)cc(Cl)cc2cc1C(=O)NCc1ccccc1. The van der Waals surface area contributed by atoms with E-state index in [1.54, 1.807) is 6.07 Å². The lowest BCUT2D eigenvalue weighted by Gasteiger charge is -2.13. The Morgan fingerprint density at radius 3 is 2.22 bits per heavy atom. The van der Waals surface area contributed by atoms with E-state index >= 15 is 0 Å². The average molecular weight is 446 g/mol. The fourth-order valence-corrected chi connectivity index (χ4v) is 3.82. The number of fused-ring (bicyclic) bond motifs is 1. The van der Waals surface area contributed by atoms with E-state index in [0.29, 0.717) is 23.7 Å². The van der Waals surface area contributed by atoms with Gasteiger partial charge < -0.3 is 15.4 Å². The van der Waals surface area contributed by atoms with Gasteiger partial charge in [0.1, 0.15) is 5.56 Å². The van der Waals surface area contributed by atoms with Crippen LogP contribution < -0.4 is 15.4 Å². The van der Waals surface area contributed by atoms with Crippen molar-refractivity contribution in [3.05, 3.63) is 106 Å². The normalized spacial score (nSPS) is 10.8. The predicted octanol–water partition coefficient (Wildman–Crippen LogP) is 5.12. The third-order valence-electron chi connectivity index (χ3n) is 5.15. The van der Waals surface area contributed by atoms with Gasteiger partial charge in [0.2, 0.25) is 5.88 Å². The summed E-state index contributed by atoms with van der Waals surface area (Å²) in [5.74, 6) is 0.0403. The van der Waals surface area contributed by atoms with E-state index in [1.807, 2.05) is 60.7 Å². The standard InChI is InChI=1S/C26H24ClN3O2/c1-32-26-23(25(31)29-16-19-10-6-3-7-11-19)14-20-12-22(27)13-21(24(20)30-26)17-28-15-18-8-4-2-5-9-18/h2-14,28H,15-17H2,1H3,(H,29,31). The molecule has 1 amide bonds. The molecule has 2 N–H and O–H groups in total. The minimum Gasteiger partial charge on any atom is -0.480 e. The first kappa shape index (κ1) is 21.8. The number of hydrogen-bond acceptors (Lipinski definition) is 4. The number of rotatable bonds is 8. The van der Waals surface area contributed by atoms with Gasteiger partial charge >= 0.3 is 0 Å². The van der Waals surface area contributed by atoms with Gasteiger partial charge in [-0.2, -0.15) is 0 Å². The quantitative estimate of drug-likeness (QED) is 0.395. The molecule has 0 saturated carbocycles. The summed E-state index contributed by atoms with van der Waals surface area (Å²) in [5, 5.41) is 7.75. The Kier molecular flexibility index (Phi) is 7.00. The predicted molar refractivity (Wildman–Crippen MR) is 128 cm³/mol. The number of hydrogen-bond donors (Lipinski definition) is 2. The molecule has 0 radical (unpaired) electrons. The lowest BCUT2D eigenvalue weighted by atomic mass is 10.1. The second kappa shape index (κ2) is 10.3. The Bertz CT molecular complexity index is 1210. The Hall–Kier alpha value is -3.41. The van der Waals surface area contributed by atoms with Crippen molar-refractivity contribution >= 4 is 28.4 Å².